The van der Waals surface area contributed by atoms with Crippen LogP contribution in [0.3, 0.4) is 0 Å². The first-order valence-corrected chi connectivity index (χ1v) is 12.3. The molecule has 5 rings (SSSR count). The van der Waals surface area contributed by atoms with Crippen molar-refractivity contribution in [1.82, 2.24) is 4.98 Å². The smallest absolute Gasteiger partial charge is 0.137 e. The van der Waals surface area contributed by atoms with Gasteiger partial charge in [-0.2, -0.15) is 0 Å². The van der Waals surface area contributed by atoms with Crippen LogP contribution in [0.1, 0.15) is 46.7 Å². The van der Waals surface area contributed by atoms with Crippen molar-refractivity contribution in [2.24, 2.45) is 0 Å². The predicted molar refractivity (Wildman–Crippen MR) is 140 cm³/mol. The molecule has 0 fully saturated rings. The zero-order valence-electron chi connectivity index (χ0n) is 20.5. The molecule has 0 amide bonds. The molecule has 0 bridgehead atoms. The summed E-state index contributed by atoms with van der Waals surface area (Å²) in [5, 5.41) is 0. The Balaban J connectivity index is 1.48. The Hall–Kier alpha value is -3.99. The number of carbonyl (C=O) groups excluding carboxylic acids is 1. The molecule has 0 radical (unpaired) electrons. The molecule has 0 unspecified atom stereocenters. The van der Waals surface area contributed by atoms with Crippen molar-refractivity contribution in [2.45, 2.75) is 38.5 Å². The predicted octanol–water partition coefficient (Wildman–Crippen LogP) is 7.79. The Morgan fingerprint density at radius 3 is 2.41 bits per heavy atom. The molecule has 1 heterocycles. The van der Waals surface area contributed by atoms with Crippen molar-refractivity contribution in [3.63, 3.8) is 0 Å². The number of hydrogen-bond donors (Lipinski definition) is 0. The van der Waals surface area contributed by atoms with E-state index < -0.39 is 17.6 Å². The Bertz CT molecular complexity index is 1490. The Morgan fingerprint density at radius 1 is 0.865 bits per heavy atom. The molecule has 0 spiro atoms. The summed E-state index contributed by atoms with van der Waals surface area (Å²) < 4.78 is 41.9. The van der Waals surface area contributed by atoms with Crippen molar-refractivity contribution < 1.29 is 18.0 Å². The van der Waals surface area contributed by atoms with Gasteiger partial charge in [0.2, 0.25) is 0 Å². The summed E-state index contributed by atoms with van der Waals surface area (Å²) in [5.74, 6) is -2.09. The molecule has 0 N–H and O–H groups in total. The number of allylic oxidation sites excluding steroid dienone is 2. The van der Waals surface area contributed by atoms with Crippen LogP contribution in [-0.2, 0) is 17.6 Å². The second-order valence-electron chi connectivity index (χ2n) is 9.58. The van der Waals surface area contributed by atoms with Crippen LogP contribution in [0.2, 0.25) is 0 Å². The third-order valence-electron chi connectivity index (χ3n) is 6.91. The highest BCUT2D eigenvalue weighted by atomic mass is 19.1. The maximum absolute atomic E-state index is 14.0. The highest BCUT2D eigenvalue weighted by Crippen LogP contribution is 2.36. The summed E-state index contributed by atoms with van der Waals surface area (Å²) in [4.78, 5) is 18.1. The van der Waals surface area contributed by atoms with Crippen molar-refractivity contribution >= 4 is 11.4 Å². The molecule has 186 valence electrons. The maximum atomic E-state index is 14.0. The first-order valence-electron chi connectivity index (χ1n) is 12.3. The molecule has 1 aliphatic carbocycles. The van der Waals surface area contributed by atoms with E-state index in [2.05, 4.69) is 4.98 Å². The fourth-order valence-electron chi connectivity index (χ4n) is 5.22. The van der Waals surface area contributed by atoms with Crippen molar-refractivity contribution in [3.8, 4) is 11.1 Å². The largest absolute Gasteiger partial charge is 0.299 e. The highest BCUT2D eigenvalue weighted by molar-refractivity contribution is 5.92. The van der Waals surface area contributed by atoms with Gasteiger partial charge < -0.3 is 0 Å². The van der Waals surface area contributed by atoms with Crippen LogP contribution >= 0.6 is 0 Å². The Morgan fingerprint density at radius 2 is 1.62 bits per heavy atom. The molecule has 3 aromatic carbocycles. The van der Waals surface area contributed by atoms with Crippen LogP contribution in [0.25, 0.3) is 16.7 Å². The summed E-state index contributed by atoms with van der Waals surface area (Å²) in [6.07, 6.45) is 4.87. The monoisotopic (exact) mass is 497 g/mol. The minimum atomic E-state index is -0.657. The normalized spacial score (nSPS) is 13.2. The summed E-state index contributed by atoms with van der Waals surface area (Å²) >= 11 is 0. The van der Waals surface area contributed by atoms with Gasteiger partial charge in [0.15, 0.2) is 0 Å². The zero-order valence-corrected chi connectivity index (χ0v) is 20.5. The number of hydrogen-bond acceptors (Lipinski definition) is 2. The number of nitrogens with zero attached hydrogens (tertiary/aromatic N) is 1. The summed E-state index contributed by atoms with van der Waals surface area (Å²) in [6, 6.07) is 19.8. The SMILES string of the molecule is Cc1ccccc1-c1cccnc1[C@@H](CC(=O)CC1=CCc2ccc(F)cc21)Cc1cc(F)cc(F)c1. The molecular weight excluding hydrogens is 471 g/mol. The van der Waals surface area contributed by atoms with Gasteiger partial charge >= 0.3 is 0 Å². The van der Waals surface area contributed by atoms with Gasteiger partial charge in [-0.1, -0.05) is 42.5 Å². The fourth-order valence-corrected chi connectivity index (χ4v) is 5.22. The fraction of sp³-hybridized carbons (Fsp3) is 0.188. The van der Waals surface area contributed by atoms with Gasteiger partial charge in [0, 0.05) is 36.6 Å². The molecule has 0 saturated heterocycles. The molecule has 5 heteroatoms. The number of Topliss-reactive ketones (excluding diaryl/α,β-unsaturated/α-hetero) is 1. The standard InChI is InChI=1S/C32H26F3NO/c1-20-5-2-3-6-29(20)30-7-4-12-36-32(30)24(13-21-14-26(34)18-27(35)15-21)17-28(37)16-23-9-8-22-10-11-25(33)19-31(22)23/h2-7,9-12,14-15,18-19,24H,8,13,16-17H2,1H3/t24-/m1/s1. The van der Waals surface area contributed by atoms with E-state index in [1.54, 1.807) is 12.3 Å². The molecule has 1 atom stereocenters. The van der Waals surface area contributed by atoms with E-state index in [1.807, 2.05) is 49.4 Å². The lowest BCUT2D eigenvalue weighted by molar-refractivity contribution is -0.118. The molecule has 0 aliphatic heterocycles. The number of ketones is 1. The Labute approximate surface area is 214 Å². The third-order valence-corrected chi connectivity index (χ3v) is 6.91. The lowest BCUT2D eigenvalue weighted by atomic mass is 9.85. The highest BCUT2D eigenvalue weighted by Gasteiger charge is 2.25. The van der Waals surface area contributed by atoms with E-state index in [9.17, 15) is 18.0 Å². The van der Waals surface area contributed by atoms with Crippen LogP contribution in [0, 0.1) is 24.4 Å². The summed E-state index contributed by atoms with van der Waals surface area (Å²) in [6.45, 7) is 2.01. The average molecular weight is 498 g/mol. The van der Waals surface area contributed by atoms with Gasteiger partial charge in [0.25, 0.3) is 0 Å². The molecular formula is C32H26F3NO. The molecule has 37 heavy (non-hydrogen) atoms. The minimum absolute atomic E-state index is 0.0355. The first-order chi connectivity index (χ1) is 17.9. The molecule has 2 nitrogen and oxygen atoms in total. The number of aryl methyl sites for hydroxylation is 1. The van der Waals surface area contributed by atoms with E-state index in [4.69, 9.17) is 0 Å². The van der Waals surface area contributed by atoms with Gasteiger partial charge in [-0.3, -0.25) is 9.78 Å². The maximum Gasteiger partial charge on any atom is 0.137 e. The van der Waals surface area contributed by atoms with E-state index in [-0.39, 0.29) is 30.9 Å². The lowest BCUT2D eigenvalue weighted by Crippen LogP contribution is -2.13. The first kappa shape index (κ1) is 24.7. The van der Waals surface area contributed by atoms with E-state index in [0.717, 1.165) is 39.5 Å². The van der Waals surface area contributed by atoms with Gasteiger partial charge in [0.1, 0.15) is 23.2 Å². The Kier molecular flexibility index (Phi) is 7.04. The molecule has 1 aliphatic rings. The molecule has 1 aromatic heterocycles. The summed E-state index contributed by atoms with van der Waals surface area (Å²) in [7, 11) is 0. The van der Waals surface area contributed by atoms with E-state index >= 15 is 0 Å². The van der Waals surface area contributed by atoms with Crippen molar-refractivity contribution in [1.29, 1.82) is 0 Å². The molecule has 4 aromatic rings. The minimum Gasteiger partial charge on any atom is -0.299 e. The van der Waals surface area contributed by atoms with Crippen LogP contribution < -0.4 is 0 Å². The van der Waals surface area contributed by atoms with Crippen molar-refractivity contribution in [2.75, 3.05) is 0 Å². The second kappa shape index (κ2) is 10.6. The zero-order chi connectivity index (χ0) is 25.9. The van der Waals surface area contributed by atoms with Gasteiger partial charge in [-0.05, 0) is 83.5 Å². The number of fused-ring (bicyclic) bond motifs is 1. The second-order valence-corrected chi connectivity index (χ2v) is 9.58. The van der Waals surface area contributed by atoms with E-state index in [0.29, 0.717) is 17.7 Å². The molecule has 0 saturated carbocycles. The van der Waals surface area contributed by atoms with E-state index in [1.165, 1.54) is 24.3 Å². The van der Waals surface area contributed by atoms with Gasteiger partial charge in [0.05, 0.1) is 5.69 Å². The number of pyridine rings is 1. The number of halogens is 3. The van der Waals surface area contributed by atoms with Gasteiger partial charge in [-0.15, -0.1) is 0 Å². The van der Waals surface area contributed by atoms with Crippen LogP contribution in [0.4, 0.5) is 13.2 Å². The number of benzene rings is 3. The quantitative estimate of drug-likeness (QED) is 0.249. The topological polar surface area (TPSA) is 30.0 Å². The lowest BCUT2D eigenvalue weighted by Gasteiger charge is -2.21. The number of rotatable bonds is 8. The number of aromatic nitrogens is 1. The van der Waals surface area contributed by atoms with Crippen molar-refractivity contribution in [3.05, 3.63) is 130 Å². The third kappa shape index (κ3) is 5.56. The summed E-state index contributed by atoms with van der Waals surface area (Å²) in [5.41, 5.74) is 6.71. The van der Waals surface area contributed by atoms with Crippen LogP contribution in [0.5, 0.6) is 0 Å². The van der Waals surface area contributed by atoms with Gasteiger partial charge in [-0.25, -0.2) is 13.2 Å². The van der Waals surface area contributed by atoms with Crippen LogP contribution in [0.15, 0.2) is 85.1 Å². The van der Waals surface area contributed by atoms with Crippen LogP contribution in [-0.4, -0.2) is 10.8 Å². The number of carbonyl (C=O) groups is 1. The average Bonchev–Trinajstić information content (AvgIpc) is 3.25.